The summed E-state index contributed by atoms with van der Waals surface area (Å²) in [7, 11) is 1.54. The molecule has 0 aliphatic rings. The van der Waals surface area contributed by atoms with Crippen LogP contribution in [-0.4, -0.2) is 41.3 Å². The average Bonchev–Trinajstić information content (AvgIpc) is 2.61. The molecule has 0 spiro atoms. The molecule has 0 heterocycles. The first kappa shape index (κ1) is 18.4. The molecule has 2 aromatic carbocycles. The summed E-state index contributed by atoms with van der Waals surface area (Å²) in [6.45, 7) is 3.54. The molecule has 1 N–H and O–H groups in total. The van der Waals surface area contributed by atoms with Crippen LogP contribution in [0.1, 0.15) is 38.8 Å². The Labute approximate surface area is 146 Å². The van der Waals surface area contributed by atoms with E-state index in [1.807, 2.05) is 19.1 Å². The summed E-state index contributed by atoms with van der Waals surface area (Å²) in [5, 5.41) is 9.01. The molecule has 0 aliphatic heterocycles. The number of benzene rings is 2. The molecule has 2 aromatic rings. The van der Waals surface area contributed by atoms with Crippen LogP contribution in [-0.2, 0) is 4.79 Å². The third kappa shape index (κ3) is 4.32. The van der Waals surface area contributed by atoms with Gasteiger partial charge in [0.15, 0.2) is 5.78 Å². The second-order valence-corrected chi connectivity index (χ2v) is 6.17. The molecule has 0 saturated carbocycles. The van der Waals surface area contributed by atoms with E-state index in [-0.39, 0.29) is 23.8 Å². The molecular formula is C20H21NO4. The molecule has 1 amide bonds. The molecule has 1 unspecified atom stereocenters. The maximum absolute atomic E-state index is 12.8. The fraction of sp³-hybridized carbons (Fsp3) is 0.250. The molecule has 0 aromatic heterocycles. The topological polar surface area (TPSA) is 74.7 Å². The van der Waals surface area contributed by atoms with Crippen molar-refractivity contribution in [1.29, 1.82) is 0 Å². The Kier molecular flexibility index (Phi) is 5.70. The van der Waals surface area contributed by atoms with Gasteiger partial charge in [-0.1, -0.05) is 55.0 Å². The number of rotatable bonds is 6. The molecule has 1 atom stereocenters. The molecule has 0 bridgehead atoms. The maximum Gasteiger partial charge on any atom is 0.308 e. The van der Waals surface area contributed by atoms with Gasteiger partial charge in [-0.05, 0) is 13.0 Å². The van der Waals surface area contributed by atoms with Crippen LogP contribution >= 0.6 is 0 Å². The van der Waals surface area contributed by atoms with Crippen molar-refractivity contribution < 1.29 is 19.5 Å². The largest absolute Gasteiger partial charge is 0.481 e. The predicted octanol–water partition coefficient (Wildman–Crippen LogP) is 3.02. The van der Waals surface area contributed by atoms with Crippen molar-refractivity contribution in [2.24, 2.45) is 5.92 Å². The van der Waals surface area contributed by atoms with Crippen molar-refractivity contribution in [3.63, 3.8) is 0 Å². The lowest BCUT2D eigenvalue weighted by atomic mass is 9.97. The molecule has 0 aliphatic carbocycles. The Morgan fingerprint density at radius 2 is 1.56 bits per heavy atom. The highest BCUT2D eigenvalue weighted by Crippen LogP contribution is 2.17. The fourth-order valence-corrected chi connectivity index (χ4v) is 2.51. The number of carboxylic acids is 1. The van der Waals surface area contributed by atoms with Crippen molar-refractivity contribution in [2.45, 2.75) is 13.8 Å². The van der Waals surface area contributed by atoms with E-state index in [1.165, 1.54) is 18.9 Å². The van der Waals surface area contributed by atoms with Gasteiger partial charge in [-0.2, -0.15) is 0 Å². The highest BCUT2D eigenvalue weighted by Gasteiger charge is 2.23. The third-order valence-corrected chi connectivity index (χ3v) is 4.03. The van der Waals surface area contributed by atoms with E-state index in [4.69, 9.17) is 5.11 Å². The van der Waals surface area contributed by atoms with Gasteiger partial charge in [-0.25, -0.2) is 0 Å². The van der Waals surface area contributed by atoms with Crippen LogP contribution in [0.3, 0.4) is 0 Å². The van der Waals surface area contributed by atoms with Gasteiger partial charge in [0.2, 0.25) is 0 Å². The zero-order valence-electron chi connectivity index (χ0n) is 14.5. The zero-order valence-corrected chi connectivity index (χ0v) is 14.5. The van der Waals surface area contributed by atoms with E-state index in [9.17, 15) is 14.4 Å². The number of hydrogen-bond donors (Lipinski definition) is 1. The maximum atomic E-state index is 12.8. The van der Waals surface area contributed by atoms with Crippen LogP contribution in [0.5, 0.6) is 0 Å². The van der Waals surface area contributed by atoms with Crippen molar-refractivity contribution in [2.75, 3.05) is 13.6 Å². The van der Waals surface area contributed by atoms with Crippen molar-refractivity contribution >= 4 is 17.7 Å². The monoisotopic (exact) mass is 339 g/mol. The molecule has 0 saturated heterocycles. The van der Waals surface area contributed by atoms with E-state index in [0.717, 1.165) is 5.56 Å². The number of carbonyl (C=O) groups excluding carboxylic acids is 2. The van der Waals surface area contributed by atoms with Crippen LogP contribution < -0.4 is 0 Å². The van der Waals surface area contributed by atoms with Crippen LogP contribution in [0.4, 0.5) is 0 Å². The van der Waals surface area contributed by atoms with Gasteiger partial charge in [-0.15, -0.1) is 0 Å². The lowest BCUT2D eigenvalue weighted by Crippen LogP contribution is -2.34. The summed E-state index contributed by atoms with van der Waals surface area (Å²) in [6.07, 6.45) is 0. The van der Waals surface area contributed by atoms with Crippen molar-refractivity contribution in [1.82, 2.24) is 4.90 Å². The second-order valence-electron chi connectivity index (χ2n) is 6.17. The van der Waals surface area contributed by atoms with Crippen LogP contribution in [0.25, 0.3) is 0 Å². The molecule has 5 heteroatoms. The van der Waals surface area contributed by atoms with Crippen LogP contribution in [0.15, 0.2) is 48.5 Å². The van der Waals surface area contributed by atoms with E-state index >= 15 is 0 Å². The summed E-state index contributed by atoms with van der Waals surface area (Å²) in [5.74, 6) is -2.26. The summed E-state index contributed by atoms with van der Waals surface area (Å²) in [6, 6.07) is 13.8. The normalized spacial score (nSPS) is 11.6. The van der Waals surface area contributed by atoms with Crippen molar-refractivity contribution in [3.8, 4) is 0 Å². The Morgan fingerprint density at radius 3 is 2.12 bits per heavy atom. The van der Waals surface area contributed by atoms with E-state index in [0.29, 0.717) is 11.1 Å². The number of hydrogen-bond acceptors (Lipinski definition) is 3. The first-order valence-corrected chi connectivity index (χ1v) is 8.00. The zero-order chi connectivity index (χ0) is 18.6. The SMILES string of the molecule is Cc1ccc(C(=O)c2ccccc2C(=O)N(C)CC(C)C(=O)O)cc1. The van der Waals surface area contributed by atoms with E-state index in [2.05, 4.69) is 0 Å². The highest BCUT2D eigenvalue weighted by atomic mass is 16.4. The van der Waals surface area contributed by atoms with Crippen LogP contribution in [0, 0.1) is 12.8 Å². The molecule has 25 heavy (non-hydrogen) atoms. The van der Waals surface area contributed by atoms with Gasteiger partial charge < -0.3 is 10.0 Å². The second kappa shape index (κ2) is 7.75. The first-order valence-electron chi connectivity index (χ1n) is 8.00. The van der Waals surface area contributed by atoms with Gasteiger partial charge in [0.1, 0.15) is 0 Å². The van der Waals surface area contributed by atoms with Gasteiger partial charge in [-0.3, -0.25) is 14.4 Å². The summed E-state index contributed by atoms with van der Waals surface area (Å²) >= 11 is 0. The van der Waals surface area contributed by atoms with Gasteiger partial charge in [0, 0.05) is 24.7 Å². The lowest BCUT2D eigenvalue weighted by molar-refractivity contribution is -0.141. The molecule has 130 valence electrons. The number of carboxylic acid groups (broad SMARTS) is 1. The number of aliphatic carboxylic acids is 1. The average molecular weight is 339 g/mol. The Balaban J connectivity index is 2.31. The van der Waals surface area contributed by atoms with Gasteiger partial charge in [0.25, 0.3) is 5.91 Å². The lowest BCUT2D eigenvalue weighted by Gasteiger charge is -2.20. The van der Waals surface area contributed by atoms with Crippen LogP contribution in [0.2, 0.25) is 0 Å². The van der Waals surface area contributed by atoms with Gasteiger partial charge in [0.05, 0.1) is 11.5 Å². The molecule has 0 fully saturated rings. The minimum absolute atomic E-state index is 0.0707. The summed E-state index contributed by atoms with van der Waals surface area (Å²) in [4.78, 5) is 37.8. The fourth-order valence-electron chi connectivity index (χ4n) is 2.51. The van der Waals surface area contributed by atoms with E-state index < -0.39 is 11.9 Å². The standard InChI is InChI=1S/C20H21NO4/c1-13-8-10-15(11-9-13)18(22)16-6-4-5-7-17(16)19(23)21(3)12-14(2)20(24)25/h4-11,14H,12H2,1-3H3,(H,24,25). The highest BCUT2D eigenvalue weighted by molar-refractivity contribution is 6.15. The molecule has 5 nitrogen and oxygen atoms in total. The quantitative estimate of drug-likeness (QED) is 0.821. The smallest absolute Gasteiger partial charge is 0.308 e. The molecule has 0 radical (unpaired) electrons. The minimum Gasteiger partial charge on any atom is -0.481 e. The number of ketones is 1. The number of amides is 1. The molecular weight excluding hydrogens is 318 g/mol. The minimum atomic E-state index is -0.969. The first-order chi connectivity index (χ1) is 11.8. The Hall–Kier alpha value is -2.95. The number of aryl methyl sites for hydroxylation is 1. The van der Waals surface area contributed by atoms with Crippen molar-refractivity contribution in [3.05, 3.63) is 70.8 Å². The summed E-state index contributed by atoms with van der Waals surface area (Å²) < 4.78 is 0. The number of nitrogens with zero attached hydrogens (tertiary/aromatic N) is 1. The number of carbonyl (C=O) groups is 3. The Bertz CT molecular complexity index is 796. The predicted molar refractivity (Wildman–Crippen MR) is 94.8 cm³/mol. The third-order valence-electron chi connectivity index (χ3n) is 4.03. The molecule has 2 rings (SSSR count). The van der Waals surface area contributed by atoms with E-state index in [1.54, 1.807) is 36.4 Å². The van der Waals surface area contributed by atoms with Gasteiger partial charge >= 0.3 is 5.97 Å². The Morgan fingerprint density at radius 1 is 1.00 bits per heavy atom. The summed E-state index contributed by atoms with van der Waals surface area (Å²) in [5.41, 5.74) is 2.13.